The first-order chi connectivity index (χ1) is 19.7. The van der Waals surface area contributed by atoms with E-state index in [-0.39, 0.29) is 67.2 Å². The number of imidazole rings is 1. The summed E-state index contributed by atoms with van der Waals surface area (Å²) in [6, 6.07) is 7.86. The number of nitrogens with zero attached hydrogens (tertiary/aromatic N) is 3. The number of rotatable bonds is 6. The van der Waals surface area contributed by atoms with Gasteiger partial charge in [-0.3, -0.25) is 15.1 Å². The zero-order valence-electron chi connectivity index (χ0n) is 22.7. The van der Waals surface area contributed by atoms with Crippen molar-refractivity contribution >= 4 is 11.6 Å². The molecule has 4 unspecified atom stereocenters. The second-order valence-corrected chi connectivity index (χ2v) is 11.5. The first kappa shape index (κ1) is 27.9. The van der Waals surface area contributed by atoms with E-state index in [1.807, 2.05) is 28.9 Å². The zero-order valence-corrected chi connectivity index (χ0v) is 22.7. The molecule has 0 bridgehead atoms. The number of likely N-dealkylation sites (tertiary alicyclic amines) is 1. The number of hydrogen-bond acceptors (Lipinski definition) is 6. The summed E-state index contributed by atoms with van der Waals surface area (Å²) in [7, 11) is 1.40. The number of fused-ring (bicyclic) bond motifs is 2. The third kappa shape index (κ3) is 5.77. The molecule has 3 N–H and O–H groups in total. The largest absolute Gasteiger partial charge is 0.496 e. The number of hydrogen-bond donors (Lipinski definition) is 3. The number of methoxy groups -OCH3 is 1. The average molecular weight is 575 g/mol. The van der Waals surface area contributed by atoms with E-state index < -0.39 is 24.0 Å². The lowest BCUT2D eigenvalue weighted by molar-refractivity contribution is -0.190. The van der Waals surface area contributed by atoms with Gasteiger partial charge >= 0.3 is 6.18 Å². The van der Waals surface area contributed by atoms with Crippen LogP contribution in [-0.2, 0) is 11.3 Å². The third-order valence-electron chi connectivity index (χ3n) is 8.91. The summed E-state index contributed by atoms with van der Waals surface area (Å²) >= 11 is 0. The maximum atomic E-state index is 14.6. The maximum Gasteiger partial charge on any atom is 0.393 e. The van der Waals surface area contributed by atoms with E-state index in [0.717, 1.165) is 17.6 Å². The van der Waals surface area contributed by atoms with E-state index in [1.165, 1.54) is 19.2 Å². The van der Waals surface area contributed by atoms with Crippen LogP contribution in [0.3, 0.4) is 0 Å². The Morgan fingerprint density at radius 3 is 2.80 bits per heavy atom. The lowest BCUT2D eigenvalue weighted by Gasteiger charge is -2.40. The highest BCUT2D eigenvalue weighted by Gasteiger charge is 2.46. The van der Waals surface area contributed by atoms with Gasteiger partial charge in [0, 0.05) is 61.8 Å². The fourth-order valence-electron chi connectivity index (χ4n) is 6.83. The lowest BCUT2D eigenvalue weighted by atomic mass is 9.74. The van der Waals surface area contributed by atoms with Crippen molar-refractivity contribution in [3.63, 3.8) is 0 Å². The Morgan fingerprint density at radius 2 is 2.00 bits per heavy atom. The van der Waals surface area contributed by atoms with Crippen molar-refractivity contribution < 1.29 is 27.1 Å². The highest BCUT2D eigenvalue weighted by atomic mass is 19.4. The van der Waals surface area contributed by atoms with Crippen LogP contribution in [0.4, 0.5) is 17.6 Å². The number of ether oxygens (including phenoxy) is 1. The number of aromatic nitrogens is 2. The number of benzene rings is 1. The fourth-order valence-corrected chi connectivity index (χ4v) is 6.83. The number of alkyl halides is 3. The molecular weight excluding hydrogens is 540 g/mol. The Hall–Kier alpha value is -3.22. The van der Waals surface area contributed by atoms with Gasteiger partial charge in [0.25, 0.3) is 0 Å². The highest BCUT2D eigenvalue weighted by Crippen LogP contribution is 2.41. The number of nitrogens with one attached hydrogen (secondary N) is 3. The summed E-state index contributed by atoms with van der Waals surface area (Å²) in [4.78, 5) is 19.3. The van der Waals surface area contributed by atoms with Gasteiger partial charge in [0.1, 0.15) is 17.2 Å². The molecular formula is C29H34F4N6O2. The van der Waals surface area contributed by atoms with E-state index in [2.05, 4.69) is 21.2 Å². The quantitative estimate of drug-likeness (QED) is 0.387. The minimum absolute atomic E-state index is 0.00192. The molecule has 0 spiro atoms. The van der Waals surface area contributed by atoms with Crippen molar-refractivity contribution in [3.8, 4) is 5.75 Å². The summed E-state index contributed by atoms with van der Waals surface area (Å²) in [5.41, 5.74) is 8.91. The summed E-state index contributed by atoms with van der Waals surface area (Å²) in [5.74, 6) is -2.23. The summed E-state index contributed by atoms with van der Waals surface area (Å²) < 4.78 is 63.5. The van der Waals surface area contributed by atoms with E-state index in [9.17, 15) is 22.4 Å². The molecule has 12 heteroatoms. The van der Waals surface area contributed by atoms with Gasteiger partial charge < -0.3 is 14.5 Å². The number of pyridine rings is 1. The summed E-state index contributed by atoms with van der Waals surface area (Å²) in [6.07, 6.45) is 3.10. The van der Waals surface area contributed by atoms with Crippen molar-refractivity contribution in [1.82, 2.24) is 30.5 Å². The minimum Gasteiger partial charge on any atom is -0.496 e. The molecule has 0 radical (unpaired) electrons. The molecule has 3 aromatic rings. The van der Waals surface area contributed by atoms with Crippen molar-refractivity contribution in [2.75, 3.05) is 20.2 Å². The van der Waals surface area contributed by atoms with Gasteiger partial charge in [-0.25, -0.2) is 14.8 Å². The third-order valence-corrected chi connectivity index (χ3v) is 8.91. The van der Waals surface area contributed by atoms with E-state index >= 15 is 0 Å². The molecule has 3 aliphatic rings. The van der Waals surface area contributed by atoms with Gasteiger partial charge in [-0.15, -0.1) is 0 Å². The standard InChI is InChI=1S/C29H34F4N6O2/c1-41-25-4-2-3-23(30)22(25)16-38-14-19(29(31,32)33)12-20(15-38)35-28(40)17-5-7-24-21(11-17)27(37-36-24)18-6-8-26-34-9-10-39(26)13-18/h2-4,6,8-10,13,17,19-21,24,27,36-37H,5,7,11-12,14-16H2,1H3,(H,35,40)/t17?,19-,20+,21?,24?,27?/m0/s1. The zero-order chi connectivity index (χ0) is 28.7. The number of hydrazine groups is 1. The number of halogens is 4. The summed E-state index contributed by atoms with van der Waals surface area (Å²) in [5, 5.41) is 2.95. The topological polar surface area (TPSA) is 82.9 Å². The van der Waals surface area contributed by atoms with Crippen LogP contribution >= 0.6 is 0 Å². The van der Waals surface area contributed by atoms with Crippen molar-refractivity contribution in [2.45, 2.75) is 56.5 Å². The Bertz CT molecular complexity index is 1400. The minimum atomic E-state index is -4.43. The number of carbonyl (C=O) groups is 1. The van der Waals surface area contributed by atoms with Crippen LogP contribution in [0.1, 0.15) is 42.9 Å². The Kier molecular flexibility index (Phi) is 7.64. The highest BCUT2D eigenvalue weighted by molar-refractivity contribution is 5.79. The lowest BCUT2D eigenvalue weighted by Crippen LogP contribution is -2.54. The van der Waals surface area contributed by atoms with Crippen LogP contribution in [0.15, 0.2) is 48.9 Å². The average Bonchev–Trinajstić information content (AvgIpc) is 3.59. The fraction of sp³-hybridized carbons (Fsp3) is 0.517. The molecule has 2 aromatic heterocycles. The van der Waals surface area contributed by atoms with Gasteiger partial charge in [-0.1, -0.05) is 12.1 Å². The van der Waals surface area contributed by atoms with Crippen LogP contribution in [-0.4, -0.2) is 58.7 Å². The number of piperidine rings is 1. The second-order valence-electron chi connectivity index (χ2n) is 11.5. The second kappa shape index (κ2) is 11.2. The molecule has 6 atom stereocenters. The Labute approximate surface area is 235 Å². The van der Waals surface area contributed by atoms with Crippen molar-refractivity contribution in [2.24, 2.45) is 17.8 Å². The first-order valence-corrected chi connectivity index (χ1v) is 14.0. The van der Waals surface area contributed by atoms with E-state index in [1.54, 1.807) is 17.2 Å². The van der Waals surface area contributed by atoms with Gasteiger partial charge in [0.2, 0.25) is 5.91 Å². The van der Waals surface area contributed by atoms with Crippen LogP contribution in [0.2, 0.25) is 0 Å². The Morgan fingerprint density at radius 1 is 1.15 bits per heavy atom. The smallest absolute Gasteiger partial charge is 0.393 e. The molecule has 220 valence electrons. The number of amides is 1. The molecule has 1 amide bonds. The molecule has 6 rings (SSSR count). The van der Waals surface area contributed by atoms with Crippen LogP contribution in [0.25, 0.3) is 5.65 Å². The molecule has 4 heterocycles. The molecule has 2 saturated heterocycles. The predicted molar refractivity (Wildman–Crippen MR) is 143 cm³/mol. The van der Waals surface area contributed by atoms with Gasteiger partial charge in [-0.05, 0) is 55.4 Å². The monoisotopic (exact) mass is 574 g/mol. The van der Waals surface area contributed by atoms with E-state index in [4.69, 9.17) is 4.74 Å². The van der Waals surface area contributed by atoms with E-state index in [0.29, 0.717) is 12.8 Å². The van der Waals surface area contributed by atoms with Gasteiger partial charge in [0.05, 0.1) is 19.1 Å². The molecule has 1 saturated carbocycles. The van der Waals surface area contributed by atoms with Gasteiger partial charge in [0.15, 0.2) is 0 Å². The SMILES string of the molecule is COc1cccc(F)c1CN1C[C@H](NC(=O)C2CCC3NNC(c4ccc5nccn5c4)C3C2)C[C@H](C(F)(F)F)C1. The summed E-state index contributed by atoms with van der Waals surface area (Å²) in [6.45, 7) is -0.103. The molecule has 41 heavy (non-hydrogen) atoms. The molecule has 2 aliphatic heterocycles. The Balaban J connectivity index is 1.14. The number of carbonyl (C=O) groups excluding carboxylic acids is 1. The predicted octanol–water partition coefficient (Wildman–Crippen LogP) is 3.99. The van der Waals surface area contributed by atoms with Crippen molar-refractivity contribution in [1.29, 1.82) is 0 Å². The molecule has 1 aromatic carbocycles. The van der Waals surface area contributed by atoms with Gasteiger partial charge in [-0.2, -0.15) is 13.2 Å². The maximum absolute atomic E-state index is 14.6. The van der Waals surface area contributed by atoms with Crippen LogP contribution in [0.5, 0.6) is 5.75 Å². The van der Waals surface area contributed by atoms with Crippen LogP contribution < -0.4 is 20.9 Å². The normalized spacial score (nSPS) is 28.9. The molecule has 3 fully saturated rings. The first-order valence-electron chi connectivity index (χ1n) is 14.0. The van der Waals surface area contributed by atoms with Crippen molar-refractivity contribution in [3.05, 3.63) is 65.9 Å². The molecule has 1 aliphatic carbocycles. The molecule has 8 nitrogen and oxygen atoms in total. The van der Waals surface area contributed by atoms with Crippen LogP contribution in [0, 0.1) is 23.6 Å².